The zero-order valence-corrected chi connectivity index (χ0v) is 24.9. The molecule has 1 amide bonds. The summed E-state index contributed by atoms with van der Waals surface area (Å²) in [5, 5.41) is 2.94. The molecule has 0 radical (unpaired) electrons. The number of halogens is 1. The first-order valence-electron chi connectivity index (χ1n) is 13.0. The molecule has 1 heterocycles. The normalized spacial score (nSPS) is 22.6. The third kappa shape index (κ3) is 5.76. The van der Waals surface area contributed by atoms with Crippen LogP contribution in [0.15, 0.2) is 82.6 Å². The zero-order chi connectivity index (χ0) is 28.9. The van der Waals surface area contributed by atoms with E-state index in [0.717, 1.165) is 19.3 Å². The number of para-hydroxylation sites is 1. The van der Waals surface area contributed by atoms with E-state index in [-0.39, 0.29) is 48.6 Å². The van der Waals surface area contributed by atoms with Crippen LogP contribution < -0.4 is 10.0 Å². The summed E-state index contributed by atoms with van der Waals surface area (Å²) in [5.41, 5.74) is 0.803. The number of carbonyl (C=O) groups excluding carboxylic acids is 1. The third-order valence-electron chi connectivity index (χ3n) is 7.61. The van der Waals surface area contributed by atoms with Crippen molar-refractivity contribution in [3.8, 4) is 0 Å². The minimum absolute atomic E-state index is 0.0299. The number of fused-ring (bicyclic) bond motifs is 2. The number of amides is 1. The van der Waals surface area contributed by atoms with Gasteiger partial charge in [0.05, 0.1) is 20.5 Å². The Labute approximate surface area is 240 Å². The van der Waals surface area contributed by atoms with Crippen molar-refractivity contribution in [3.63, 3.8) is 0 Å². The Kier molecular flexibility index (Phi) is 7.27. The molecule has 0 unspecified atom stereocenters. The molecule has 2 N–H and O–H groups in total. The lowest BCUT2D eigenvalue weighted by Crippen LogP contribution is -2.37. The maximum absolute atomic E-state index is 13.5. The molecule has 5 rings (SSSR count). The lowest BCUT2D eigenvalue weighted by atomic mass is 9.65. The monoisotopic (exact) mass is 601 g/mol. The van der Waals surface area contributed by atoms with Crippen molar-refractivity contribution < 1.29 is 21.6 Å². The Morgan fingerprint density at radius 3 is 2.30 bits per heavy atom. The van der Waals surface area contributed by atoms with E-state index in [2.05, 4.69) is 30.8 Å². The Balaban J connectivity index is 1.30. The summed E-state index contributed by atoms with van der Waals surface area (Å²) in [6.07, 6.45) is 2.67. The van der Waals surface area contributed by atoms with Crippen molar-refractivity contribution in [2.24, 2.45) is 10.8 Å². The van der Waals surface area contributed by atoms with Gasteiger partial charge in [-0.05, 0) is 84.7 Å². The molecule has 1 aliphatic carbocycles. The van der Waals surface area contributed by atoms with Gasteiger partial charge in [0.1, 0.15) is 0 Å². The van der Waals surface area contributed by atoms with Gasteiger partial charge in [-0.1, -0.05) is 50.6 Å². The number of sulfonamides is 2. The summed E-state index contributed by atoms with van der Waals surface area (Å²) >= 11 is 6.08. The van der Waals surface area contributed by atoms with Crippen LogP contribution in [0.3, 0.4) is 0 Å². The van der Waals surface area contributed by atoms with E-state index in [1.54, 1.807) is 34.6 Å². The predicted molar refractivity (Wildman–Crippen MR) is 157 cm³/mol. The number of rotatable bonds is 7. The van der Waals surface area contributed by atoms with Gasteiger partial charge < -0.3 is 5.32 Å². The van der Waals surface area contributed by atoms with Crippen LogP contribution in [0.25, 0.3) is 0 Å². The van der Waals surface area contributed by atoms with E-state index >= 15 is 0 Å². The number of hydrogen-bond donors (Lipinski definition) is 2. The van der Waals surface area contributed by atoms with Crippen molar-refractivity contribution in [2.45, 2.75) is 55.9 Å². The lowest BCUT2D eigenvalue weighted by Gasteiger charge is -2.39. The molecular weight excluding hydrogens is 570 g/mol. The minimum Gasteiger partial charge on any atom is -0.322 e. The molecule has 11 heteroatoms. The van der Waals surface area contributed by atoms with Crippen molar-refractivity contribution in [1.82, 2.24) is 4.31 Å². The van der Waals surface area contributed by atoms with Crippen molar-refractivity contribution in [1.29, 1.82) is 0 Å². The van der Waals surface area contributed by atoms with Gasteiger partial charge in [0.25, 0.3) is 15.9 Å². The minimum atomic E-state index is -3.96. The first-order valence-corrected chi connectivity index (χ1v) is 16.3. The highest BCUT2D eigenvalue weighted by Crippen LogP contribution is 2.53. The maximum Gasteiger partial charge on any atom is 0.262 e. The van der Waals surface area contributed by atoms with Gasteiger partial charge >= 0.3 is 0 Å². The standard InChI is InChI=1S/C29H32ClN3O5S2/c1-28(2)16-22-17-29(3,18-28)19-33(22)40(37,38)23-13-11-20(12-14-23)27(34)31-21-7-6-8-24(15-21)39(35,36)32-26-10-5-4-9-25(26)30/h4-15,22,32H,16-19H2,1-3H3,(H,31,34)/t22-,29+/m0/s1. The average Bonchev–Trinajstić information content (AvgIpc) is 3.14. The Morgan fingerprint density at radius 2 is 1.60 bits per heavy atom. The molecule has 1 saturated carbocycles. The molecule has 212 valence electrons. The quantitative estimate of drug-likeness (QED) is 0.346. The van der Waals surface area contributed by atoms with Gasteiger partial charge in [-0.3, -0.25) is 9.52 Å². The van der Waals surface area contributed by atoms with Gasteiger partial charge in [0.15, 0.2) is 0 Å². The Hall–Kier alpha value is -2.92. The number of anilines is 2. The SMILES string of the molecule is CC1(C)C[C@H]2C[C@@](C)(CN2S(=O)(=O)c2ccc(C(=O)Nc3cccc(S(=O)(=O)Nc4ccccc4Cl)c3)cc2)C1. The second kappa shape index (κ2) is 10.2. The number of carbonyl (C=O) groups is 1. The molecular formula is C29H32ClN3O5S2. The average molecular weight is 602 g/mol. The molecule has 2 atom stereocenters. The topological polar surface area (TPSA) is 113 Å². The summed E-state index contributed by atoms with van der Waals surface area (Å²) in [6, 6.07) is 18.1. The molecule has 1 aliphatic heterocycles. The number of nitrogens with one attached hydrogen (secondary N) is 2. The highest BCUT2D eigenvalue weighted by atomic mass is 35.5. The summed E-state index contributed by atoms with van der Waals surface area (Å²) in [5.74, 6) is -0.496. The van der Waals surface area contributed by atoms with Gasteiger partial charge in [-0.25, -0.2) is 16.8 Å². The summed E-state index contributed by atoms with van der Waals surface area (Å²) in [7, 11) is -7.68. The molecule has 0 aromatic heterocycles. The second-order valence-corrected chi connectivity index (χ2v) is 15.8. The van der Waals surface area contributed by atoms with Gasteiger partial charge in [0.2, 0.25) is 10.0 Å². The smallest absolute Gasteiger partial charge is 0.262 e. The highest BCUT2D eigenvalue weighted by molar-refractivity contribution is 7.92. The van der Waals surface area contributed by atoms with Crippen LogP contribution in [0.4, 0.5) is 11.4 Å². The van der Waals surface area contributed by atoms with Gasteiger partial charge in [0, 0.05) is 23.8 Å². The molecule has 3 aromatic carbocycles. The first kappa shape index (κ1) is 28.6. The van der Waals surface area contributed by atoms with Gasteiger partial charge in [-0.2, -0.15) is 4.31 Å². The van der Waals surface area contributed by atoms with E-state index in [4.69, 9.17) is 11.6 Å². The van der Waals surface area contributed by atoms with Crippen molar-refractivity contribution in [2.75, 3.05) is 16.6 Å². The predicted octanol–water partition coefficient (Wildman–Crippen LogP) is 5.98. The van der Waals surface area contributed by atoms with Crippen LogP contribution in [0, 0.1) is 10.8 Å². The molecule has 0 spiro atoms. The first-order chi connectivity index (χ1) is 18.7. The lowest BCUT2D eigenvalue weighted by molar-refractivity contribution is 0.102. The van der Waals surface area contributed by atoms with Crippen LogP contribution in [0.2, 0.25) is 5.02 Å². The fraction of sp³-hybridized carbons (Fsp3) is 0.345. The van der Waals surface area contributed by atoms with Crippen molar-refractivity contribution >= 4 is 48.9 Å². The van der Waals surface area contributed by atoms with E-state index < -0.39 is 26.0 Å². The maximum atomic E-state index is 13.5. The molecule has 2 aliphatic rings. The molecule has 8 nitrogen and oxygen atoms in total. The van der Waals surface area contributed by atoms with Gasteiger partial charge in [-0.15, -0.1) is 0 Å². The van der Waals surface area contributed by atoms with Crippen LogP contribution in [-0.2, 0) is 20.0 Å². The molecule has 2 fully saturated rings. The summed E-state index contributed by atoms with van der Waals surface area (Å²) in [6.45, 7) is 7.05. The van der Waals surface area contributed by atoms with E-state index in [9.17, 15) is 21.6 Å². The fourth-order valence-corrected chi connectivity index (χ4v) is 9.43. The van der Waals surface area contributed by atoms with Crippen LogP contribution in [0.1, 0.15) is 50.4 Å². The Morgan fingerprint density at radius 1 is 0.900 bits per heavy atom. The van der Waals surface area contributed by atoms with Crippen LogP contribution in [-0.4, -0.2) is 39.6 Å². The second-order valence-electron chi connectivity index (χ2n) is 11.9. The van der Waals surface area contributed by atoms with E-state index in [1.807, 2.05) is 0 Å². The fourth-order valence-electron chi connectivity index (χ4n) is 6.29. The van der Waals surface area contributed by atoms with Crippen LogP contribution in [0.5, 0.6) is 0 Å². The van der Waals surface area contributed by atoms with Crippen LogP contribution >= 0.6 is 11.6 Å². The molecule has 3 aromatic rings. The largest absolute Gasteiger partial charge is 0.322 e. The number of nitrogens with zero attached hydrogens (tertiary/aromatic N) is 1. The third-order valence-corrected chi connectivity index (χ3v) is 11.2. The van der Waals surface area contributed by atoms with E-state index in [1.165, 1.54) is 42.5 Å². The van der Waals surface area contributed by atoms with E-state index in [0.29, 0.717) is 6.54 Å². The highest BCUT2D eigenvalue weighted by Gasteiger charge is 2.53. The summed E-state index contributed by atoms with van der Waals surface area (Å²) < 4.78 is 56.9. The molecule has 2 bridgehead atoms. The summed E-state index contributed by atoms with van der Waals surface area (Å²) in [4.78, 5) is 13.0. The van der Waals surface area contributed by atoms with Crippen molar-refractivity contribution in [3.05, 3.63) is 83.4 Å². The number of benzene rings is 3. The number of hydrogen-bond acceptors (Lipinski definition) is 5. The zero-order valence-electron chi connectivity index (χ0n) is 22.5. The Bertz CT molecular complexity index is 1670. The molecule has 40 heavy (non-hydrogen) atoms. The molecule has 1 saturated heterocycles.